The maximum absolute atomic E-state index is 12.9. The number of hydrogen-bond donors (Lipinski definition) is 2. The van der Waals surface area contributed by atoms with Crippen molar-refractivity contribution in [2.45, 2.75) is 39.8 Å². The van der Waals surface area contributed by atoms with Crippen LogP contribution in [0.15, 0.2) is 66.7 Å². The van der Waals surface area contributed by atoms with Gasteiger partial charge >= 0.3 is 0 Å². The predicted molar refractivity (Wildman–Crippen MR) is 130 cm³/mol. The Morgan fingerprint density at radius 2 is 1.55 bits per heavy atom. The zero-order valence-corrected chi connectivity index (χ0v) is 19.6. The van der Waals surface area contributed by atoms with Crippen LogP contribution in [0.2, 0.25) is 0 Å². The molecule has 0 saturated heterocycles. The molecular weight excluding hydrogens is 416 g/mol. The molecule has 0 aliphatic carbocycles. The van der Waals surface area contributed by atoms with Crippen LogP contribution in [0.4, 0.5) is 5.69 Å². The van der Waals surface area contributed by atoms with Gasteiger partial charge in [-0.25, -0.2) is 0 Å². The maximum Gasteiger partial charge on any atom is 0.255 e. The van der Waals surface area contributed by atoms with Crippen molar-refractivity contribution < 1.29 is 19.1 Å². The highest BCUT2D eigenvalue weighted by molar-refractivity contribution is 6.05. The monoisotopic (exact) mass is 446 g/mol. The van der Waals surface area contributed by atoms with Crippen molar-refractivity contribution >= 4 is 17.5 Å². The number of benzene rings is 3. The van der Waals surface area contributed by atoms with Crippen molar-refractivity contribution in [2.75, 3.05) is 12.4 Å². The average molecular weight is 447 g/mol. The number of carbonyl (C=O) groups excluding carboxylic acids is 2. The average Bonchev–Trinajstić information content (AvgIpc) is 2.80. The highest BCUT2D eigenvalue weighted by atomic mass is 16.5. The number of anilines is 1. The molecule has 1 unspecified atom stereocenters. The van der Waals surface area contributed by atoms with Crippen LogP contribution < -0.4 is 20.1 Å². The zero-order chi connectivity index (χ0) is 24.0. The lowest BCUT2D eigenvalue weighted by atomic mass is 10.1. The molecule has 0 bridgehead atoms. The lowest BCUT2D eigenvalue weighted by molar-refractivity contribution is 0.0938. The molecule has 0 aromatic heterocycles. The second-order valence-electron chi connectivity index (χ2n) is 8.12. The molecule has 6 heteroatoms. The van der Waals surface area contributed by atoms with Crippen LogP contribution in [-0.4, -0.2) is 25.0 Å². The largest absolute Gasteiger partial charge is 0.493 e. The van der Waals surface area contributed by atoms with E-state index in [9.17, 15) is 9.59 Å². The minimum Gasteiger partial charge on any atom is -0.493 e. The number of amides is 2. The zero-order valence-electron chi connectivity index (χ0n) is 19.6. The van der Waals surface area contributed by atoms with Crippen LogP contribution in [0, 0.1) is 6.92 Å². The normalized spacial score (nSPS) is 11.6. The second kappa shape index (κ2) is 10.7. The van der Waals surface area contributed by atoms with E-state index in [0.717, 1.165) is 11.1 Å². The van der Waals surface area contributed by atoms with Crippen LogP contribution in [0.1, 0.15) is 58.7 Å². The molecule has 0 radical (unpaired) electrons. The van der Waals surface area contributed by atoms with Crippen molar-refractivity contribution in [1.29, 1.82) is 0 Å². The Bertz CT molecular complexity index is 1130. The minimum absolute atomic E-state index is 0.0278. The molecule has 0 heterocycles. The van der Waals surface area contributed by atoms with E-state index in [4.69, 9.17) is 9.47 Å². The van der Waals surface area contributed by atoms with E-state index in [1.165, 1.54) is 0 Å². The first-order valence-electron chi connectivity index (χ1n) is 10.9. The van der Waals surface area contributed by atoms with Gasteiger partial charge in [0.25, 0.3) is 11.8 Å². The van der Waals surface area contributed by atoms with Gasteiger partial charge in [-0.2, -0.15) is 0 Å². The molecule has 0 aliphatic heterocycles. The number of aryl methyl sites for hydroxylation is 1. The van der Waals surface area contributed by atoms with Gasteiger partial charge in [0, 0.05) is 16.8 Å². The molecule has 1 atom stereocenters. The van der Waals surface area contributed by atoms with E-state index in [0.29, 0.717) is 28.3 Å². The Kier molecular flexibility index (Phi) is 7.72. The molecule has 0 fully saturated rings. The van der Waals surface area contributed by atoms with Gasteiger partial charge in [0.05, 0.1) is 19.3 Å². The Hall–Kier alpha value is -3.80. The molecule has 0 aliphatic rings. The first-order chi connectivity index (χ1) is 15.8. The number of nitrogens with one attached hydrogen (secondary N) is 2. The predicted octanol–water partition coefficient (Wildman–Crippen LogP) is 5.53. The third-order valence-corrected chi connectivity index (χ3v) is 5.18. The number of hydrogen-bond acceptors (Lipinski definition) is 4. The van der Waals surface area contributed by atoms with Gasteiger partial charge in [0.1, 0.15) is 0 Å². The van der Waals surface area contributed by atoms with Crippen LogP contribution in [0.3, 0.4) is 0 Å². The topological polar surface area (TPSA) is 76.7 Å². The first kappa shape index (κ1) is 23.9. The number of rotatable bonds is 8. The van der Waals surface area contributed by atoms with E-state index < -0.39 is 0 Å². The summed E-state index contributed by atoms with van der Waals surface area (Å²) in [6, 6.07) is 19.6. The maximum atomic E-state index is 12.9. The van der Waals surface area contributed by atoms with Gasteiger partial charge in [-0.05, 0) is 75.2 Å². The van der Waals surface area contributed by atoms with Gasteiger partial charge in [0.15, 0.2) is 11.5 Å². The second-order valence-corrected chi connectivity index (χ2v) is 8.12. The molecule has 6 nitrogen and oxygen atoms in total. The summed E-state index contributed by atoms with van der Waals surface area (Å²) in [5.41, 5.74) is 3.37. The Balaban J connectivity index is 1.73. The standard InChI is InChI=1S/C27H30N2O4/c1-17(2)33-24-14-13-21(16-25(24)32-5)19(4)28-27(31)22-12-11-18(3)23(15-22)29-26(30)20-9-7-6-8-10-20/h6-17,19H,1-5H3,(H,28,31)(H,29,30). The van der Waals surface area contributed by atoms with Gasteiger partial charge in [-0.15, -0.1) is 0 Å². The molecule has 3 rings (SSSR count). The summed E-state index contributed by atoms with van der Waals surface area (Å²) < 4.78 is 11.2. The fraction of sp³-hybridized carbons (Fsp3) is 0.259. The van der Waals surface area contributed by atoms with E-state index >= 15 is 0 Å². The quantitative estimate of drug-likeness (QED) is 0.477. The smallest absolute Gasteiger partial charge is 0.255 e. The highest BCUT2D eigenvalue weighted by Gasteiger charge is 2.16. The molecule has 0 saturated carbocycles. The van der Waals surface area contributed by atoms with Crippen LogP contribution >= 0.6 is 0 Å². The number of carbonyl (C=O) groups is 2. The van der Waals surface area contributed by atoms with Crippen molar-refractivity contribution in [3.05, 3.63) is 89.0 Å². The SMILES string of the molecule is COc1cc(C(C)NC(=O)c2ccc(C)c(NC(=O)c3ccccc3)c2)ccc1OC(C)C. The molecule has 172 valence electrons. The molecule has 3 aromatic carbocycles. The van der Waals surface area contributed by atoms with Crippen LogP contribution in [-0.2, 0) is 0 Å². The molecule has 2 N–H and O–H groups in total. The van der Waals surface area contributed by atoms with Crippen LogP contribution in [0.5, 0.6) is 11.5 Å². The lowest BCUT2D eigenvalue weighted by Gasteiger charge is -2.18. The van der Waals surface area contributed by atoms with E-state index in [2.05, 4.69) is 10.6 Å². The summed E-state index contributed by atoms with van der Waals surface area (Å²) in [5.74, 6) is 0.815. The Labute approximate surface area is 194 Å². The summed E-state index contributed by atoms with van der Waals surface area (Å²) in [5, 5.41) is 5.90. The summed E-state index contributed by atoms with van der Waals surface area (Å²) >= 11 is 0. The highest BCUT2D eigenvalue weighted by Crippen LogP contribution is 2.31. The molecule has 3 aromatic rings. The third kappa shape index (κ3) is 6.13. The fourth-order valence-electron chi connectivity index (χ4n) is 3.35. The van der Waals surface area contributed by atoms with Crippen molar-refractivity contribution in [2.24, 2.45) is 0 Å². The summed E-state index contributed by atoms with van der Waals surface area (Å²) in [7, 11) is 1.59. The summed E-state index contributed by atoms with van der Waals surface area (Å²) in [4.78, 5) is 25.5. The molecule has 33 heavy (non-hydrogen) atoms. The van der Waals surface area contributed by atoms with Gasteiger partial charge in [-0.3, -0.25) is 9.59 Å². The fourth-order valence-corrected chi connectivity index (χ4v) is 3.35. The van der Waals surface area contributed by atoms with E-state index in [-0.39, 0.29) is 24.0 Å². The van der Waals surface area contributed by atoms with E-state index in [1.807, 2.05) is 70.2 Å². The van der Waals surface area contributed by atoms with Gasteiger partial charge < -0.3 is 20.1 Å². The number of ether oxygens (including phenoxy) is 2. The first-order valence-corrected chi connectivity index (χ1v) is 10.9. The third-order valence-electron chi connectivity index (χ3n) is 5.18. The van der Waals surface area contributed by atoms with Crippen molar-refractivity contribution in [3.63, 3.8) is 0 Å². The van der Waals surface area contributed by atoms with Crippen molar-refractivity contribution in [1.82, 2.24) is 5.32 Å². The summed E-state index contributed by atoms with van der Waals surface area (Å²) in [6.45, 7) is 7.70. The number of methoxy groups -OCH3 is 1. The van der Waals surface area contributed by atoms with Gasteiger partial charge in [-0.1, -0.05) is 30.3 Å². The Morgan fingerprint density at radius 3 is 2.21 bits per heavy atom. The molecule has 0 spiro atoms. The summed E-state index contributed by atoms with van der Waals surface area (Å²) in [6.07, 6.45) is 0.0278. The van der Waals surface area contributed by atoms with Gasteiger partial charge in [0.2, 0.25) is 0 Å². The minimum atomic E-state index is -0.261. The Morgan fingerprint density at radius 1 is 0.818 bits per heavy atom. The molecule has 2 amide bonds. The van der Waals surface area contributed by atoms with Crippen LogP contribution in [0.25, 0.3) is 0 Å². The van der Waals surface area contributed by atoms with Crippen molar-refractivity contribution in [3.8, 4) is 11.5 Å². The molecular formula is C27H30N2O4. The lowest BCUT2D eigenvalue weighted by Crippen LogP contribution is -2.27. The van der Waals surface area contributed by atoms with E-state index in [1.54, 1.807) is 31.4 Å².